The summed E-state index contributed by atoms with van der Waals surface area (Å²) >= 11 is 0. The van der Waals surface area contributed by atoms with Crippen molar-refractivity contribution in [1.29, 1.82) is 0 Å². The average molecular weight is 1120 g/mol. The van der Waals surface area contributed by atoms with Crippen LogP contribution in [0.2, 0.25) is 0 Å². The molecule has 1 aliphatic carbocycles. The van der Waals surface area contributed by atoms with Crippen LogP contribution in [0.1, 0.15) is 18.0 Å². The molecule has 0 bridgehead atoms. The molecule has 1 atom stereocenters. The molecule has 2 aromatic heterocycles. The Morgan fingerprint density at radius 2 is 0.705 bits per heavy atom. The molecule has 0 radical (unpaired) electrons. The first kappa shape index (κ1) is 51.1. The fourth-order valence-electron chi connectivity index (χ4n) is 14.3. The van der Waals surface area contributed by atoms with E-state index < -0.39 is 0 Å². The summed E-state index contributed by atoms with van der Waals surface area (Å²) in [5.74, 6) is 0.250. The Kier molecular flexibility index (Phi) is 12.4. The number of allylic oxidation sites excluding steroid dienone is 4. The SMILES string of the molecule is C1=CCC(c2ccc(-c3ccccc3)n2-c2ccc3cc4c(-c5ccc(-c6cc7ccccc7c7ccccc67)cc5)c(-n5c(-c6ccccc6)ccc5-c5ccccc5)cc(-c5ccc(-c6cc7ccccc7c7ccccc67)cc5)c4cc3c2)C=C1. The molecule has 0 saturated carbocycles. The second-order valence-electron chi connectivity index (χ2n) is 23.5. The number of fused-ring (bicyclic) bond motifs is 8. The van der Waals surface area contributed by atoms with Gasteiger partial charge in [0.2, 0.25) is 0 Å². The maximum atomic E-state index is 2.53. The third-order valence-corrected chi connectivity index (χ3v) is 18.4. The zero-order chi connectivity index (χ0) is 58.1. The van der Waals surface area contributed by atoms with E-state index in [2.05, 4.69) is 343 Å². The van der Waals surface area contributed by atoms with Crippen LogP contribution in [-0.4, -0.2) is 9.13 Å². The molecular formula is C86H58N2. The summed E-state index contributed by atoms with van der Waals surface area (Å²) in [6.45, 7) is 0. The van der Waals surface area contributed by atoms with Crippen LogP contribution in [0.3, 0.4) is 0 Å². The predicted molar refractivity (Wildman–Crippen MR) is 374 cm³/mol. The van der Waals surface area contributed by atoms with Gasteiger partial charge in [0, 0.05) is 22.9 Å². The van der Waals surface area contributed by atoms with E-state index in [9.17, 15) is 0 Å². The Morgan fingerprint density at radius 1 is 0.261 bits per heavy atom. The largest absolute Gasteiger partial charge is 0.313 e. The van der Waals surface area contributed by atoms with E-state index in [4.69, 9.17) is 0 Å². The second-order valence-corrected chi connectivity index (χ2v) is 23.5. The van der Waals surface area contributed by atoms with Crippen molar-refractivity contribution in [2.75, 3.05) is 0 Å². The van der Waals surface area contributed by atoms with E-state index in [0.717, 1.165) is 57.0 Å². The van der Waals surface area contributed by atoms with Gasteiger partial charge < -0.3 is 9.13 Å². The van der Waals surface area contributed by atoms with Crippen molar-refractivity contribution >= 4 is 64.6 Å². The number of rotatable bonds is 10. The van der Waals surface area contributed by atoms with Crippen LogP contribution in [0, 0.1) is 0 Å². The lowest BCUT2D eigenvalue weighted by molar-refractivity contribution is 0.786. The van der Waals surface area contributed by atoms with Crippen LogP contribution in [0.4, 0.5) is 0 Å². The Morgan fingerprint density at radius 3 is 1.23 bits per heavy atom. The monoisotopic (exact) mass is 1120 g/mol. The molecule has 0 N–H and O–H groups in total. The van der Waals surface area contributed by atoms with Gasteiger partial charge in [0.15, 0.2) is 0 Å². The van der Waals surface area contributed by atoms with Crippen molar-refractivity contribution in [2.45, 2.75) is 12.3 Å². The van der Waals surface area contributed by atoms with Gasteiger partial charge in [-0.3, -0.25) is 0 Å². The van der Waals surface area contributed by atoms with Crippen molar-refractivity contribution in [3.05, 3.63) is 339 Å². The lowest BCUT2D eigenvalue weighted by atomic mass is 9.87. The third-order valence-electron chi connectivity index (χ3n) is 18.4. The first-order chi connectivity index (χ1) is 43.6. The van der Waals surface area contributed by atoms with Gasteiger partial charge in [-0.05, 0) is 193 Å². The highest BCUT2D eigenvalue weighted by Crippen LogP contribution is 2.48. The molecule has 0 fully saturated rings. The Balaban J connectivity index is 0.943. The molecule has 0 amide bonds. The van der Waals surface area contributed by atoms with Crippen molar-refractivity contribution < 1.29 is 0 Å². The number of hydrogen-bond acceptors (Lipinski definition) is 0. The van der Waals surface area contributed by atoms with Crippen molar-refractivity contribution in [2.24, 2.45) is 0 Å². The first-order valence-electron chi connectivity index (χ1n) is 30.7. The van der Waals surface area contributed by atoms with Gasteiger partial charge in [0.1, 0.15) is 0 Å². The standard InChI is InChI=1S/C86H58N2/c1-5-21-60(22-6-1)81-47-48-82(61-23-7-2-8-24-61)87(81)69-46-45-65-52-80-79(55-68(65)51-69)78(59-39-37-57(38-40-59)76-53-66-29-13-15-31-70(66)72-33-17-19-35-74(72)76)56-85(88-83(62-25-9-3-10-26-62)49-50-84(88)63-27-11-4-12-28-63)86(80)64-43-41-58(42-44-64)77-54-67-30-14-16-32-71(67)73-34-18-20-36-75(73)77/h1-23,25-56,61H,24H2. The highest BCUT2D eigenvalue weighted by molar-refractivity contribution is 6.17. The van der Waals surface area contributed by atoms with Crippen LogP contribution < -0.4 is 0 Å². The molecule has 2 nitrogen and oxygen atoms in total. The molecule has 412 valence electrons. The molecule has 14 aromatic carbocycles. The maximum Gasteiger partial charge on any atom is 0.0553 e. The van der Waals surface area contributed by atoms with E-state index in [1.165, 1.54) is 109 Å². The highest BCUT2D eigenvalue weighted by Gasteiger charge is 2.25. The maximum absolute atomic E-state index is 2.53. The molecule has 88 heavy (non-hydrogen) atoms. The minimum absolute atomic E-state index is 0.250. The quantitative estimate of drug-likeness (QED) is 0.0954. The van der Waals surface area contributed by atoms with Gasteiger partial charge >= 0.3 is 0 Å². The van der Waals surface area contributed by atoms with Gasteiger partial charge in [-0.15, -0.1) is 0 Å². The van der Waals surface area contributed by atoms with Gasteiger partial charge in [-0.2, -0.15) is 0 Å². The second kappa shape index (κ2) is 21.3. The summed E-state index contributed by atoms with van der Waals surface area (Å²) < 4.78 is 5.03. The van der Waals surface area contributed by atoms with Gasteiger partial charge in [-0.25, -0.2) is 0 Å². The zero-order valence-electron chi connectivity index (χ0n) is 48.4. The topological polar surface area (TPSA) is 9.86 Å². The van der Waals surface area contributed by atoms with Gasteiger partial charge in [0.25, 0.3) is 0 Å². The van der Waals surface area contributed by atoms with Gasteiger partial charge in [-0.1, -0.05) is 267 Å². The number of nitrogens with zero attached hydrogens (tertiary/aromatic N) is 2. The molecular weight excluding hydrogens is 1060 g/mol. The van der Waals surface area contributed by atoms with Gasteiger partial charge in [0.05, 0.1) is 22.8 Å². The van der Waals surface area contributed by atoms with E-state index in [1.807, 2.05) is 0 Å². The van der Waals surface area contributed by atoms with Crippen LogP contribution in [-0.2, 0) is 0 Å². The number of benzene rings is 14. The number of hydrogen-bond donors (Lipinski definition) is 0. The van der Waals surface area contributed by atoms with Crippen LogP contribution >= 0.6 is 0 Å². The van der Waals surface area contributed by atoms with E-state index in [0.29, 0.717) is 0 Å². The minimum atomic E-state index is 0.250. The summed E-state index contributed by atoms with van der Waals surface area (Å²) in [5.41, 5.74) is 19.9. The molecule has 0 spiro atoms. The molecule has 0 aliphatic heterocycles. The van der Waals surface area contributed by atoms with E-state index in [1.54, 1.807) is 0 Å². The smallest absolute Gasteiger partial charge is 0.0553 e. The lowest BCUT2D eigenvalue weighted by Gasteiger charge is -2.23. The van der Waals surface area contributed by atoms with Crippen LogP contribution in [0.25, 0.3) is 154 Å². The summed E-state index contributed by atoms with van der Waals surface area (Å²) in [7, 11) is 0. The van der Waals surface area contributed by atoms with Crippen molar-refractivity contribution in [1.82, 2.24) is 9.13 Å². The molecule has 2 heterocycles. The molecule has 2 heteroatoms. The summed E-state index contributed by atoms with van der Waals surface area (Å²) in [5, 5.41) is 14.8. The van der Waals surface area contributed by atoms with E-state index in [-0.39, 0.29) is 5.92 Å². The lowest BCUT2D eigenvalue weighted by Crippen LogP contribution is -2.07. The van der Waals surface area contributed by atoms with Crippen LogP contribution in [0.15, 0.2) is 334 Å². The summed E-state index contributed by atoms with van der Waals surface area (Å²) in [4.78, 5) is 0. The third kappa shape index (κ3) is 8.72. The molecule has 1 unspecified atom stereocenters. The average Bonchev–Trinajstić information content (AvgIpc) is 3.92. The first-order valence-corrected chi connectivity index (χ1v) is 30.7. The predicted octanol–water partition coefficient (Wildman–Crippen LogP) is 23.5. The summed E-state index contributed by atoms with van der Waals surface area (Å²) in [6.07, 6.45) is 9.96. The summed E-state index contributed by atoms with van der Waals surface area (Å²) in [6, 6.07) is 115. The molecule has 0 saturated heterocycles. The Hall–Kier alpha value is -11.3. The van der Waals surface area contributed by atoms with Crippen molar-refractivity contribution in [3.8, 4) is 89.7 Å². The molecule has 17 rings (SSSR count). The zero-order valence-corrected chi connectivity index (χ0v) is 48.4. The molecule has 16 aromatic rings. The fraction of sp³-hybridized carbons (Fsp3) is 0.0233. The Bertz CT molecular complexity index is 5370. The van der Waals surface area contributed by atoms with Crippen LogP contribution in [0.5, 0.6) is 0 Å². The number of aromatic nitrogens is 2. The normalized spacial score (nSPS) is 13.2. The van der Waals surface area contributed by atoms with Crippen molar-refractivity contribution in [3.63, 3.8) is 0 Å². The molecule has 1 aliphatic rings. The highest BCUT2D eigenvalue weighted by atomic mass is 15.0. The minimum Gasteiger partial charge on any atom is -0.313 e. The Labute approximate surface area is 512 Å². The fourth-order valence-corrected chi connectivity index (χ4v) is 14.3. The van der Waals surface area contributed by atoms with E-state index >= 15 is 0 Å².